The molecule has 0 aliphatic carbocycles. The van der Waals surface area contributed by atoms with Crippen LogP contribution in [0.5, 0.6) is 0 Å². The van der Waals surface area contributed by atoms with Crippen LogP contribution in [-0.2, 0) is 11.3 Å². The number of carbonyl (C=O) groups is 1. The highest BCUT2D eigenvalue weighted by Crippen LogP contribution is 2.19. The molecule has 1 atom stereocenters. The van der Waals surface area contributed by atoms with Gasteiger partial charge in [0.25, 0.3) is 5.56 Å². The molecular weight excluding hydrogens is 375 g/mol. The van der Waals surface area contributed by atoms with E-state index < -0.39 is 23.3 Å². The second kappa shape index (κ2) is 7.63. The van der Waals surface area contributed by atoms with E-state index in [1.165, 1.54) is 18.2 Å². The summed E-state index contributed by atoms with van der Waals surface area (Å²) in [6.45, 7) is 1.47. The van der Waals surface area contributed by atoms with Gasteiger partial charge >= 0.3 is 0 Å². The molecule has 3 aromatic heterocycles. The van der Waals surface area contributed by atoms with E-state index in [1.54, 1.807) is 35.7 Å². The van der Waals surface area contributed by atoms with Gasteiger partial charge in [-0.2, -0.15) is 5.10 Å². The molecule has 0 radical (unpaired) electrons. The van der Waals surface area contributed by atoms with Crippen molar-refractivity contribution < 1.29 is 9.18 Å². The molecule has 0 bridgehead atoms. The maximum Gasteiger partial charge on any atom is 0.267 e. The third-order valence-electron chi connectivity index (χ3n) is 4.41. The minimum Gasteiger partial charge on any atom is -0.345 e. The number of nitrogens with one attached hydrogen (secondary N) is 1. The zero-order valence-corrected chi connectivity index (χ0v) is 15.5. The van der Waals surface area contributed by atoms with Crippen molar-refractivity contribution in [1.82, 2.24) is 29.7 Å². The van der Waals surface area contributed by atoms with Gasteiger partial charge in [-0.1, -0.05) is 18.2 Å². The molecule has 4 aromatic rings. The molecule has 1 amide bonds. The highest BCUT2D eigenvalue weighted by Gasteiger charge is 2.17. The van der Waals surface area contributed by atoms with Crippen molar-refractivity contribution in [3.63, 3.8) is 0 Å². The summed E-state index contributed by atoms with van der Waals surface area (Å²) >= 11 is 0. The van der Waals surface area contributed by atoms with Gasteiger partial charge in [0, 0.05) is 17.8 Å². The molecule has 3 heterocycles. The summed E-state index contributed by atoms with van der Waals surface area (Å²) in [5.74, 6) is -0.318. The molecule has 0 spiro atoms. The number of rotatable bonds is 5. The zero-order chi connectivity index (χ0) is 20.4. The molecular formula is C20H17FN6O2. The number of aromatic nitrogens is 5. The van der Waals surface area contributed by atoms with Crippen LogP contribution in [0.3, 0.4) is 0 Å². The highest BCUT2D eigenvalue weighted by molar-refractivity contribution is 5.76. The first-order valence-electron chi connectivity index (χ1n) is 8.95. The molecule has 146 valence electrons. The predicted molar refractivity (Wildman–Crippen MR) is 103 cm³/mol. The van der Waals surface area contributed by atoms with Crippen molar-refractivity contribution in [2.75, 3.05) is 0 Å². The van der Waals surface area contributed by atoms with E-state index in [0.29, 0.717) is 11.5 Å². The molecule has 4 rings (SSSR count). The lowest BCUT2D eigenvalue weighted by Gasteiger charge is -2.13. The molecule has 1 unspecified atom stereocenters. The van der Waals surface area contributed by atoms with Crippen LogP contribution in [-0.4, -0.2) is 30.3 Å². The van der Waals surface area contributed by atoms with Gasteiger partial charge in [-0.3, -0.25) is 14.0 Å². The van der Waals surface area contributed by atoms with Crippen LogP contribution in [0.25, 0.3) is 16.9 Å². The van der Waals surface area contributed by atoms with Crippen LogP contribution in [0.1, 0.15) is 18.8 Å². The molecule has 0 aliphatic rings. The van der Waals surface area contributed by atoms with Gasteiger partial charge in [0.15, 0.2) is 11.5 Å². The molecule has 0 saturated heterocycles. The Morgan fingerprint density at radius 2 is 1.90 bits per heavy atom. The maximum absolute atomic E-state index is 14.0. The minimum absolute atomic E-state index is 0.255. The quantitative estimate of drug-likeness (QED) is 0.560. The van der Waals surface area contributed by atoms with E-state index in [0.717, 1.165) is 4.68 Å². The van der Waals surface area contributed by atoms with E-state index in [1.807, 2.05) is 18.2 Å². The van der Waals surface area contributed by atoms with E-state index in [4.69, 9.17) is 0 Å². The summed E-state index contributed by atoms with van der Waals surface area (Å²) in [5, 5.41) is 15.1. The van der Waals surface area contributed by atoms with Gasteiger partial charge in [0.05, 0.1) is 11.7 Å². The van der Waals surface area contributed by atoms with Gasteiger partial charge in [-0.25, -0.2) is 9.07 Å². The van der Waals surface area contributed by atoms with Crippen LogP contribution >= 0.6 is 0 Å². The van der Waals surface area contributed by atoms with Crippen molar-refractivity contribution >= 4 is 11.6 Å². The number of benzene rings is 1. The van der Waals surface area contributed by atoms with E-state index in [-0.39, 0.29) is 17.8 Å². The molecule has 9 heteroatoms. The Morgan fingerprint density at radius 1 is 1.10 bits per heavy atom. The lowest BCUT2D eigenvalue weighted by Crippen LogP contribution is -2.35. The van der Waals surface area contributed by atoms with E-state index in [9.17, 15) is 14.0 Å². The molecule has 29 heavy (non-hydrogen) atoms. The first-order chi connectivity index (χ1) is 14.0. The van der Waals surface area contributed by atoms with Crippen LogP contribution < -0.4 is 10.9 Å². The average molecular weight is 392 g/mol. The van der Waals surface area contributed by atoms with Crippen LogP contribution in [0.2, 0.25) is 0 Å². The number of fused-ring (bicyclic) bond motifs is 1. The fourth-order valence-electron chi connectivity index (χ4n) is 3.02. The Morgan fingerprint density at radius 3 is 2.72 bits per heavy atom. The Kier molecular flexibility index (Phi) is 4.86. The molecule has 1 aromatic carbocycles. The van der Waals surface area contributed by atoms with Crippen molar-refractivity contribution in [2.24, 2.45) is 0 Å². The second-order valence-corrected chi connectivity index (χ2v) is 6.47. The first-order valence-corrected chi connectivity index (χ1v) is 8.95. The van der Waals surface area contributed by atoms with Crippen molar-refractivity contribution in [3.8, 4) is 11.3 Å². The summed E-state index contributed by atoms with van der Waals surface area (Å²) in [6.07, 6.45) is 1.80. The van der Waals surface area contributed by atoms with Crippen LogP contribution in [0.4, 0.5) is 4.39 Å². The number of hydrogen-bond donors (Lipinski definition) is 1. The van der Waals surface area contributed by atoms with E-state index in [2.05, 4.69) is 20.6 Å². The van der Waals surface area contributed by atoms with Gasteiger partial charge in [0.2, 0.25) is 5.91 Å². The molecule has 1 N–H and O–H groups in total. The smallest absolute Gasteiger partial charge is 0.267 e. The van der Waals surface area contributed by atoms with Gasteiger partial charge in [-0.05, 0) is 37.3 Å². The third kappa shape index (κ3) is 3.75. The Balaban J connectivity index is 1.53. The van der Waals surface area contributed by atoms with Gasteiger partial charge < -0.3 is 5.32 Å². The summed E-state index contributed by atoms with van der Waals surface area (Å²) in [4.78, 5) is 24.6. The summed E-state index contributed by atoms with van der Waals surface area (Å²) in [7, 11) is 0. The molecule has 0 aliphatic heterocycles. The lowest BCUT2D eigenvalue weighted by molar-refractivity contribution is -0.122. The topological polar surface area (TPSA) is 94.2 Å². The second-order valence-electron chi connectivity index (χ2n) is 6.47. The summed E-state index contributed by atoms with van der Waals surface area (Å²) < 4.78 is 16.8. The molecule has 0 fully saturated rings. The third-order valence-corrected chi connectivity index (χ3v) is 4.41. The Hall–Kier alpha value is -3.88. The molecule has 8 nitrogen and oxygen atoms in total. The maximum atomic E-state index is 14.0. The number of hydrogen-bond acceptors (Lipinski definition) is 5. The van der Waals surface area contributed by atoms with Crippen molar-refractivity contribution in [3.05, 3.63) is 82.8 Å². The first kappa shape index (κ1) is 18.5. The number of amides is 1. The normalized spacial score (nSPS) is 12.1. The molecule has 0 saturated carbocycles. The SMILES string of the molecule is CC(NC(=O)Cn1nc(-c2ccccc2F)ccc1=O)c1nnc2ccccn12. The largest absolute Gasteiger partial charge is 0.345 e. The van der Waals surface area contributed by atoms with Gasteiger partial charge in [-0.15, -0.1) is 10.2 Å². The minimum atomic E-state index is -0.458. The fraction of sp³-hybridized carbons (Fsp3) is 0.150. The lowest BCUT2D eigenvalue weighted by atomic mass is 10.1. The highest BCUT2D eigenvalue weighted by atomic mass is 19.1. The van der Waals surface area contributed by atoms with Gasteiger partial charge in [0.1, 0.15) is 12.4 Å². The summed E-state index contributed by atoms with van der Waals surface area (Å²) in [6, 6.07) is 13.9. The number of carbonyl (C=O) groups excluding carboxylic acids is 1. The van der Waals surface area contributed by atoms with Crippen molar-refractivity contribution in [1.29, 1.82) is 0 Å². The number of nitrogens with zero attached hydrogens (tertiary/aromatic N) is 5. The van der Waals surface area contributed by atoms with Crippen molar-refractivity contribution in [2.45, 2.75) is 19.5 Å². The predicted octanol–water partition coefficient (Wildman–Crippen LogP) is 1.97. The Labute approximate surface area is 164 Å². The van der Waals surface area contributed by atoms with Crippen LogP contribution in [0.15, 0.2) is 65.6 Å². The zero-order valence-electron chi connectivity index (χ0n) is 15.5. The number of halogens is 1. The fourth-order valence-corrected chi connectivity index (χ4v) is 3.02. The van der Waals surface area contributed by atoms with Crippen LogP contribution in [0, 0.1) is 5.82 Å². The number of pyridine rings is 1. The Bertz CT molecular complexity index is 1250. The van der Waals surface area contributed by atoms with E-state index >= 15 is 0 Å². The summed E-state index contributed by atoms with van der Waals surface area (Å²) in [5.41, 5.74) is 0.733. The monoisotopic (exact) mass is 392 g/mol. The standard InChI is InChI=1S/C20H17FN6O2/c1-13(20-24-23-17-8-4-5-11-26(17)20)22-18(28)12-27-19(29)10-9-16(25-27)14-6-2-3-7-15(14)21/h2-11,13H,12H2,1H3,(H,22,28). The average Bonchev–Trinajstić information content (AvgIpc) is 3.14.